The number of rotatable bonds is 19. The first kappa shape index (κ1) is 25.5. The van der Waals surface area contributed by atoms with E-state index in [9.17, 15) is 4.79 Å². The van der Waals surface area contributed by atoms with Crippen molar-refractivity contribution < 1.29 is 9.53 Å². The Bertz CT molecular complexity index is 299. The Balaban J connectivity index is 3.24. The van der Waals surface area contributed by atoms with E-state index in [-0.39, 0.29) is 12.1 Å². The Morgan fingerprint density at radius 2 is 1.12 bits per heavy atom. The maximum Gasteiger partial charge on any atom is 0.306 e. The Hall–Kier alpha value is -0.530. The molecule has 0 heterocycles. The van der Waals surface area contributed by atoms with Gasteiger partial charge in [-0.1, -0.05) is 104 Å². The van der Waals surface area contributed by atoms with E-state index in [2.05, 4.69) is 20.8 Å². The van der Waals surface area contributed by atoms with Gasteiger partial charge in [-0.2, -0.15) is 0 Å². The van der Waals surface area contributed by atoms with Crippen LogP contribution in [-0.4, -0.2) is 12.1 Å². The van der Waals surface area contributed by atoms with Crippen molar-refractivity contribution in [3.05, 3.63) is 0 Å². The summed E-state index contributed by atoms with van der Waals surface area (Å²) in [6.07, 6.45) is 21.5. The highest BCUT2D eigenvalue weighted by molar-refractivity contribution is 5.69. The topological polar surface area (TPSA) is 26.3 Å². The van der Waals surface area contributed by atoms with Gasteiger partial charge in [0, 0.05) is 6.42 Å². The lowest BCUT2D eigenvalue weighted by Gasteiger charge is -2.13. The molecule has 0 aromatic rings. The van der Waals surface area contributed by atoms with Gasteiger partial charge >= 0.3 is 5.97 Å². The van der Waals surface area contributed by atoms with Crippen molar-refractivity contribution >= 4 is 5.97 Å². The third kappa shape index (κ3) is 19.8. The van der Waals surface area contributed by atoms with E-state index in [0.29, 0.717) is 6.42 Å². The molecular formula is C24H48O2. The average Bonchev–Trinajstić information content (AvgIpc) is 2.59. The van der Waals surface area contributed by atoms with Crippen molar-refractivity contribution in [2.45, 2.75) is 143 Å². The second-order valence-corrected chi connectivity index (χ2v) is 8.62. The summed E-state index contributed by atoms with van der Waals surface area (Å²) in [5, 5.41) is 0. The van der Waals surface area contributed by atoms with Crippen LogP contribution in [0.5, 0.6) is 0 Å². The number of carbonyl (C=O) groups is 1. The van der Waals surface area contributed by atoms with Gasteiger partial charge in [0.2, 0.25) is 0 Å². The molecule has 0 spiro atoms. The summed E-state index contributed by atoms with van der Waals surface area (Å²) in [6, 6.07) is 0. The van der Waals surface area contributed by atoms with Gasteiger partial charge in [-0.05, 0) is 32.1 Å². The van der Waals surface area contributed by atoms with Gasteiger partial charge in [0.25, 0.3) is 0 Å². The SMILES string of the molecule is CCCCCC(=O)OC(C)CCCCCCCCCCCCCC(C)C. The molecule has 0 saturated carbocycles. The molecule has 2 nitrogen and oxygen atoms in total. The Kier molecular flexibility index (Phi) is 18.8. The van der Waals surface area contributed by atoms with Crippen LogP contribution in [-0.2, 0) is 9.53 Å². The maximum absolute atomic E-state index is 11.7. The molecule has 0 aliphatic heterocycles. The van der Waals surface area contributed by atoms with Crippen LogP contribution in [0.2, 0.25) is 0 Å². The lowest BCUT2D eigenvalue weighted by atomic mass is 10.0. The second kappa shape index (κ2) is 19.2. The van der Waals surface area contributed by atoms with Crippen LogP contribution in [0.4, 0.5) is 0 Å². The molecule has 0 radical (unpaired) electrons. The van der Waals surface area contributed by atoms with E-state index in [1.807, 2.05) is 6.92 Å². The quantitative estimate of drug-likeness (QED) is 0.169. The summed E-state index contributed by atoms with van der Waals surface area (Å²) in [5.41, 5.74) is 0. The molecule has 26 heavy (non-hydrogen) atoms. The molecule has 0 N–H and O–H groups in total. The molecule has 156 valence electrons. The minimum absolute atomic E-state index is 0.00449. The Labute approximate surface area is 164 Å². The molecule has 0 rings (SSSR count). The van der Waals surface area contributed by atoms with Crippen LogP contribution in [0.25, 0.3) is 0 Å². The van der Waals surface area contributed by atoms with E-state index in [0.717, 1.165) is 31.6 Å². The summed E-state index contributed by atoms with van der Waals surface area (Å²) in [6.45, 7) is 8.84. The first-order valence-electron chi connectivity index (χ1n) is 11.8. The second-order valence-electron chi connectivity index (χ2n) is 8.62. The molecule has 0 aromatic carbocycles. The predicted octanol–water partition coefficient (Wildman–Crippen LogP) is 8.23. The molecule has 0 fully saturated rings. The standard InChI is InChI=1S/C24H48O2/c1-5-6-16-21-24(25)26-23(4)20-18-15-13-11-9-7-8-10-12-14-17-19-22(2)3/h22-23H,5-21H2,1-4H3. The molecule has 0 aliphatic carbocycles. The predicted molar refractivity (Wildman–Crippen MR) is 115 cm³/mol. The molecular weight excluding hydrogens is 320 g/mol. The molecule has 0 aliphatic rings. The number of hydrogen-bond acceptors (Lipinski definition) is 2. The van der Waals surface area contributed by atoms with Gasteiger partial charge in [0.05, 0.1) is 6.10 Å². The van der Waals surface area contributed by atoms with E-state index in [1.54, 1.807) is 0 Å². The first-order valence-corrected chi connectivity index (χ1v) is 11.8. The fraction of sp³-hybridized carbons (Fsp3) is 0.958. The minimum Gasteiger partial charge on any atom is -0.463 e. The fourth-order valence-corrected chi connectivity index (χ4v) is 3.44. The van der Waals surface area contributed by atoms with Crippen LogP contribution in [0.15, 0.2) is 0 Å². The van der Waals surface area contributed by atoms with Gasteiger partial charge < -0.3 is 4.74 Å². The van der Waals surface area contributed by atoms with Crippen molar-refractivity contribution in [3.63, 3.8) is 0 Å². The summed E-state index contributed by atoms with van der Waals surface area (Å²) >= 11 is 0. The van der Waals surface area contributed by atoms with Crippen LogP contribution >= 0.6 is 0 Å². The number of hydrogen-bond donors (Lipinski definition) is 0. The zero-order valence-electron chi connectivity index (χ0n) is 18.5. The summed E-state index contributed by atoms with van der Waals surface area (Å²) in [5.74, 6) is 0.867. The van der Waals surface area contributed by atoms with Gasteiger partial charge in [0.15, 0.2) is 0 Å². The molecule has 0 bridgehead atoms. The molecule has 2 heteroatoms. The van der Waals surface area contributed by atoms with Gasteiger partial charge in [-0.25, -0.2) is 0 Å². The normalized spacial score (nSPS) is 12.5. The van der Waals surface area contributed by atoms with E-state index < -0.39 is 0 Å². The summed E-state index contributed by atoms with van der Waals surface area (Å²) < 4.78 is 5.47. The third-order valence-corrected chi connectivity index (χ3v) is 5.21. The third-order valence-electron chi connectivity index (χ3n) is 5.21. The van der Waals surface area contributed by atoms with Crippen LogP contribution < -0.4 is 0 Å². The number of ether oxygens (including phenoxy) is 1. The molecule has 1 atom stereocenters. The average molecular weight is 369 g/mol. The number of unbranched alkanes of at least 4 members (excludes halogenated alkanes) is 12. The first-order chi connectivity index (χ1) is 12.6. The van der Waals surface area contributed by atoms with Crippen LogP contribution in [0.1, 0.15) is 137 Å². The fourth-order valence-electron chi connectivity index (χ4n) is 3.44. The number of esters is 1. The largest absolute Gasteiger partial charge is 0.463 e. The van der Waals surface area contributed by atoms with E-state index in [4.69, 9.17) is 4.74 Å². The van der Waals surface area contributed by atoms with E-state index in [1.165, 1.54) is 77.0 Å². The van der Waals surface area contributed by atoms with Gasteiger partial charge in [-0.15, -0.1) is 0 Å². The zero-order chi connectivity index (χ0) is 19.5. The van der Waals surface area contributed by atoms with E-state index >= 15 is 0 Å². The van der Waals surface area contributed by atoms with Crippen molar-refractivity contribution in [2.75, 3.05) is 0 Å². The van der Waals surface area contributed by atoms with Crippen LogP contribution in [0, 0.1) is 5.92 Å². The lowest BCUT2D eigenvalue weighted by molar-refractivity contribution is -0.148. The van der Waals surface area contributed by atoms with Crippen LogP contribution in [0.3, 0.4) is 0 Å². The molecule has 0 aromatic heterocycles. The zero-order valence-corrected chi connectivity index (χ0v) is 18.5. The highest BCUT2D eigenvalue weighted by atomic mass is 16.5. The Morgan fingerprint density at radius 1 is 0.654 bits per heavy atom. The molecule has 1 unspecified atom stereocenters. The lowest BCUT2D eigenvalue weighted by Crippen LogP contribution is -2.14. The van der Waals surface area contributed by atoms with Gasteiger partial charge in [-0.3, -0.25) is 4.79 Å². The summed E-state index contributed by atoms with van der Waals surface area (Å²) in [7, 11) is 0. The highest BCUT2D eigenvalue weighted by Crippen LogP contribution is 2.15. The van der Waals surface area contributed by atoms with Crippen molar-refractivity contribution in [1.29, 1.82) is 0 Å². The maximum atomic E-state index is 11.7. The number of carbonyl (C=O) groups excluding carboxylic acids is 1. The monoisotopic (exact) mass is 368 g/mol. The molecule has 0 saturated heterocycles. The van der Waals surface area contributed by atoms with Gasteiger partial charge in [0.1, 0.15) is 0 Å². The van der Waals surface area contributed by atoms with Crippen molar-refractivity contribution in [3.8, 4) is 0 Å². The Morgan fingerprint density at radius 3 is 1.58 bits per heavy atom. The summed E-state index contributed by atoms with van der Waals surface area (Å²) in [4.78, 5) is 11.7. The minimum atomic E-state index is -0.00449. The molecule has 0 amide bonds. The van der Waals surface area contributed by atoms with Crippen molar-refractivity contribution in [2.24, 2.45) is 5.92 Å². The highest BCUT2D eigenvalue weighted by Gasteiger charge is 2.08. The smallest absolute Gasteiger partial charge is 0.306 e. The van der Waals surface area contributed by atoms with Crippen molar-refractivity contribution in [1.82, 2.24) is 0 Å².